The fourth-order valence-corrected chi connectivity index (χ4v) is 4.09. The summed E-state index contributed by atoms with van der Waals surface area (Å²) in [6.07, 6.45) is 2.69. The zero-order valence-electron chi connectivity index (χ0n) is 7.80. The van der Waals surface area contributed by atoms with Crippen molar-refractivity contribution in [2.75, 3.05) is 0 Å². The lowest BCUT2D eigenvalue weighted by molar-refractivity contribution is 0.604. The minimum absolute atomic E-state index is 0.117. The molecular formula is C11H15FSi. The molecule has 0 saturated carbocycles. The van der Waals surface area contributed by atoms with Crippen molar-refractivity contribution in [2.45, 2.75) is 30.8 Å². The summed E-state index contributed by atoms with van der Waals surface area (Å²) in [6, 6.07) is 10.0. The molecule has 2 rings (SSSR count). The van der Waals surface area contributed by atoms with Gasteiger partial charge in [-0.1, -0.05) is 24.2 Å². The molecule has 2 heteroatoms. The molecule has 0 amide bonds. The fraction of sp³-hybridized carbons (Fsp3) is 0.455. The molecule has 1 aromatic rings. The van der Waals surface area contributed by atoms with Crippen LogP contribution in [0.2, 0.25) is 12.1 Å². The Bertz CT molecular complexity index is 262. The van der Waals surface area contributed by atoms with Gasteiger partial charge in [-0.15, -0.1) is 0 Å². The van der Waals surface area contributed by atoms with Crippen molar-refractivity contribution >= 4 is 9.52 Å². The van der Waals surface area contributed by atoms with E-state index in [1.165, 1.54) is 30.5 Å². The maximum Gasteiger partial charge on any atom is 0.123 e. The van der Waals surface area contributed by atoms with Crippen LogP contribution >= 0.6 is 0 Å². The van der Waals surface area contributed by atoms with E-state index in [-0.39, 0.29) is 15.3 Å². The van der Waals surface area contributed by atoms with Gasteiger partial charge >= 0.3 is 0 Å². The normalized spacial score (nSPS) is 24.8. The SMILES string of the molecule is Fc1ccc(C2CC[SiH2]CC2)cc1. The zero-order valence-corrected chi connectivity index (χ0v) is 9.21. The summed E-state index contributed by atoms with van der Waals surface area (Å²) in [5, 5.41) is 0. The standard InChI is InChI=1S/C11H15FSi/c12-11-3-1-9(2-4-11)10-5-7-13-8-6-10/h1-4,10H,5-8,13H2. The van der Waals surface area contributed by atoms with E-state index in [2.05, 4.69) is 0 Å². The van der Waals surface area contributed by atoms with Gasteiger partial charge in [0, 0.05) is 9.52 Å². The van der Waals surface area contributed by atoms with Crippen LogP contribution in [0, 0.1) is 5.82 Å². The van der Waals surface area contributed by atoms with Crippen molar-refractivity contribution in [3.05, 3.63) is 35.6 Å². The molecule has 0 radical (unpaired) electrons. The minimum atomic E-state index is -0.117. The van der Waals surface area contributed by atoms with Gasteiger partial charge in [0.25, 0.3) is 0 Å². The summed E-state index contributed by atoms with van der Waals surface area (Å²) < 4.78 is 12.7. The molecule has 1 aliphatic heterocycles. The van der Waals surface area contributed by atoms with Gasteiger partial charge in [-0.3, -0.25) is 0 Å². The highest BCUT2D eigenvalue weighted by atomic mass is 28.2. The quantitative estimate of drug-likeness (QED) is 0.603. The van der Waals surface area contributed by atoms with Gasteiger partial charge in [-0.05, 0) is 36.5 Å². The van der Waals surface area contributed by atoms with Crippen molar-refractivity contribution in [3.8, 4) is 0 Å². The summed E-state index contributed by atoms with van der Waals surface area (Å²) in [6.45, 7) is 0. The average molecular weight is 194 g/mol. The Morgan fingerprint density at radius 3 is 2.31 bits per heavy atom. The predicted molar refractivity (Wildman–Crippen MR) is 56.5 cm³/mol. The number of benzene rings is 1. The van der Waals surface area contributed by atoms with E-state index in [1.807, 2.05) is 12.1 Å². The Morgan fingerprint density at radius 1 is 1.08 bits per heavy atom. The molecule has 0 nitrogen and oxygen atoms in total. The van der Waals surface area contributed by atoms with Crippen molar-refractivity contribution in [3.63, 3.8) is 0 Å². The van der Waals surface area contributed by atoms with Gasteiger partial charge in [0.05, 0.1) is 0 Å². The van der Waals surface area contributed by atoms with Crippen LogP contribution in [0.15, 0.2) is 24.3 Å². The Morgan fingerprint density at radius 2 is 1.69 bits per heavy atom. The summed E-state index contributed by atoms with van der Waals surface area (Å²) >= 11 is 0. The smallest absolute Gasteiger partial charge is 0.123 e. The molecule has 1 fully saturated rings. The predicted octanol–water partition coefficient (Wildman–Crippen LogP) is 2.71. The molecule has 0 aromatic heterocycles. The van der Waals surface area contributed by atoms with E-state index < -0.39 is 0 Å². The van der Waals surface area contributed by atoms with Gasteiger partial charge in [0.1, 0.15) is 5.82 Å². The molecule has 0 spiro atoms. The fourth-order valence-electron chi connectivity index (χ4n) is 2.17. The van der Waals surface area contributed by atoms with Crippen LogP contribution in [0.1, 0.15) is 24.3 Å². The lowest BCUT2D eigenvalue weighted by Gasteiger charge is -2.21. The molecule has 0 unspecified atom stereocenters. The molecule has 70 valence electrons. The summed E-state index contributed by atoms with van der Waals surface area (Å²) in [5.41, 5.74) is 1.34. The van der Waals surface area contributed by atoms with Gasteiger partial charge in [-0.25, -0.2) is 4.39 Å². The molecule has 1 aliphatic rings. The van der Waals surface area contributed by atoms with Crippen molar-refractivity contribution in [1.82, 2.24) is 0 Å². The highest BCUT2D eigenvalue weighted by Gasteiger charge is 2.15. The molecule has 0 N–H and O–H groups in total. The highest BCUT2D eigenvalue weighted by Crippen LogP contribution is 2.30. The molecule has 1 saturated heterocycles. The summed E-state index contributed by atoms with van der Waals surface area (Å²) in [5.74, 6) is 0.607. The molecular weight excluding hydrogens is 179 g/mol. The second kappa shape index (κ2) is 4.05. The largest absolute Gasteiger partial charge is 0.207 e. The molecule has 1 aromatic carbocycles. The van der Waals surface area contributed by atoms with Crippen LogP contribution in [0.4, 0.5) is 4.39 Å². The summed E-state index contributed by atoms with van der Waals surface area (Å²) in [4.78, 5) is 0. The second-order valence-corrected chi connectivity index (χ2v) is 6.01. The van der Waals surface area contributed by atoms with E-state index in [4.69, 9.17) is 0 Å². The number of rotatable bonds is 1. The van der Waals surface area contributed by atoms with Crippen LogP contribution in [-0.4, -0.2) is 9.52 Å². The maximum atomic E-state index is 12.7. The molecule has 1 heterocycles. The minimum Gasteiger partial charge on any atom is -0.207 e. The van der Waals surface area contributed by atoms with Gasteiger partial charge < -0.3 is 0 Å². The van der Waals surface area contributed by atoms with E-state index >= 15 is 0 Å². The highest BCUT2D eigenvalue weighted by molar-refractivity contribution is 6.35. The van der Waals surface area contributed by atoms with Crippen molar-refractivity contribution in [2.24, 2.45) is 0 Å². The van der Waals surface area contributed by atoms with E-state index in [0.29, 0.717) is 0 Å². The Kier molecular flexibility index (Phi) is 2.79. The van der Waals surface area contributed by atoms with Crippen LogP contribution in [0.3, 0.4) is 0 Å². The third-order valence-electron chi connectivity index (χ3n) is 2.95. The number of halogens is 1. The van der Waals surface area contributed by atoms with E-state index in [1.54, 1.807) is 12.1 Å². The van der Waals surface area contributed by atoms with Crippen molar-refractivity contribution in [1.29, 1.82) is 0 Å². The third-order valence-corrected chi connectivity index (χ3v) is 4.76. The summed E-state index contributed by atoms with van der Waals surface area (Å²) in [7, 11) is 0.290. The number of hydrogen-bond acceptors (Lipinski definition) is 0. The lowest BCUT2D eigenvalue weighted by Crippen LogP contribution is -2.08. The van der Waals surface area contributed by atoms with E-state index in [9.17, 15) is 4.39 Å². The Labute approximate surface area is 81.0 Å². The molecule has 0 atom stereocenters. The Balaban J connectivity index is 2.10. The van der Waals surface area contributed by atoms with E-state index in [0.717, 1.165) is 5.92 Å². The molecule has 0 aliphatic carbocycles. The second-order valence-electron chi connectivity index (χ2n) is 3.89. The first-order chi connectivity index (χ1) is 6.36. The monoisotopic (exact) mass is 194 g/mol. The average Bonchev–Trinajstić information content (AvgIpc) is 2.20. The topological polar surface area (TPSA) is 0 Å². The van der Waals surface area contributed by atoms with Gasteiger partial charge in [-0.2, -0.15) is 0 Å². The molecule has 13 heavy (non-hydrogen) atoms. The molecule has 0 bridgehead atoms. The number of hydrogen-bond donors (Lipinski definition) is 0. The van der Waals surface area contributed by atoms with Gasteiger partial charge in [0.15, 0.2) is 0 Å². The van der Waals surface area contributed by atoms with Crippen LogP contribution in [0.25, 0.3) is 0 Å². The first kappa shape index (κ1) is 8.94. The third kappa shape index (κ3) is 2.18. The van der Waals surface area contributed by atoms with Crippen LogP contribution < -0.4 is 0 Å². The van der Waals surface area contributed by atoms with Crippen LogP contribution in [-0.2, 0) is 0 Å². The van der Waals surface area contributed by atoms with Crippen LogP contribution in [0.5, 0.6) is 0 Å². The lowest BCUT2D eigenvalue weighted by atomic mass is 9.93. The zero-order chi connectivity index (χ0) is 9.10. The maximum absolute atomic E-state index is 12.7. The van der Waals surface area contributed by atoms with Crippen molar-refractivity contribution < 1.29 is 4.39 Å². The first-order valence-corrected chi connectivity index (χ1v) is 7.12. The first-order valence-electron chi connectivity index (χ1n) is 5.12. The van der Waals surface area contributed by atoms with Gasteiger partial charge in [0.2, 0.25) is 0 Å². The Hall–Kier alpha value is -0.633.